The van der Waals surface area contributed by atoms with Crippen LogP contribution in [0.4, 0.5) is 11.4 Å². The number of rotatable bonds is 7. The van der Waals surface area contributed by atoms with E-state index in [1.165, 1.54) is 6.42 Å². The monoisotopic (exact) mass is 381 g/mol. The molecule has 6 heteroatoms. The van der Waals surface area contributed by atoms with Gasteiger partial charge in [-0.3, -0.25) is 9.59 Å². The van der Waals surface area contributed by atoms with Gasteiger partial charge in [-0.1, -0.05) is 39.2 Å². The quantitative estimate of drug-likeness (QED) is 0.657. The first-order valence-electron chi connectivity index (χ1n) is 9.47. The second-order valence-electron chi connectivity index (χ2n) is 7.05. The predicted molar refractivity (Wildman–Crippen MR) is 110 cm³/mol. The number of carbonyl (C=O) groups excluding carboxylic acids is 2. The first-order chi connectivity index (χ1) is 12.0. The smallest absolute Gasteiger partial charge is 0.231 e. The molecule has 0 atom stereocenters. The van der Waals surface area contributed by atoms with Gasteiger partial charge in [0.05, 0.1) is 5.41 Å². The maximum atomic E-state index is 12.6. The summed E-state index contributed by atoms with van der Waals surface area (Å²) >= 11 is 0. The zero-order valence-electron chi connectivity index (χ0n) is 15.8. The van der Waals surface area contributed by atoms with Crippen LogP contribution in [-0.2, 0) is 9.59 Å². The summed E-state index contributed by atoms with van der Waals surface area (Å²) < 4.78 is 0. The molecular weight excluding hydrogens is 350 g/mol. The third-order valence-electron chi connectivity index (χ3n) is 5.59. The molecule has 0 unspecified atom stereocenters. The second kappa shape index (κ2) is 10.5. The SMILES string of the molecule is CCC(CC)(CN)C(=O)Nc1cccc(NC(=O)C2CCCCC2)c1.Cl. The molecule has 0 radical (unpaired) electrons. The van der Waals surface area contributed by atoms with Gasteiger partial charge in [-0.2, -0.15) is 0 Å². The van der Waals surface area contributed by atoms with Crippen molar-refractivity contribution in [3.63, 3.8) is 0 Å². The summed E-state index contributed by atoms with van der Waals surface area (Å²) in [7, 11) is 0. The van der Waals surface area contributed by atoms with E-state index < -0.39 is 5.41 Å². The lowest BCUT2D eigenvalue weighted by Gasteiger charge is -2.28. The van der Waals surface area contributed by atoms with Crippen molar-refractivity contribution in [2.24, 2.45) is 17.1 Å². The first kappa shape index (κ1) is 22.5. The number of carbonyl (C=O) groups is 2. The lowest BCUT2D eigenvalue weighted by atomic mass is 9.81. The number of hydrogen-bond acceptors (Lipinski definition) is 3. The molecule has 5 nitrogen and oxygen atoms in total. The molecule has 1 aromatic carbocycles. The Kier molecular flexibility index (Phi) is 9.09. The highest BCUT2D eigenvalue weighted by Gasteiger charge is 2.33. The molecule has 146 valence electrons. The van der Waals surface area contributed by atoms with Crippen LogP contribution >= 0.6 is 12.4 Å². The van der Waals surface area contributed by atoms with Gasteiger partial charge in [-0.05, 0) is 43.9 Å². The molecule has 4 N–H and O–H groups in total. The minimum atomic E-state index is -0.540. The van der Waals surface area contributed by atoms with Gasteiger partial charge in [0.15, 0.2) is 0 Å². The van der Waals surface area contributed by atoms with E-state index in [4.69, 9.17) is 5.73 Å². The van der Waals surface area contributed by atoms with Gasteiger partial charge in [0.2, 0.25) is 11.8 Å². The van der Waals surface area contributed by atoms with Crippen molar-refractivity contribution in [1.29, 1.82) is 0 Å². The Labute approximate surface area is 162 Å². The number of nitrogens with one attached hydrogen (secondary N) is 2. The fraction of sp³-hybridized carbons (Fsp3) is 0.600. The molecule has 1 aromatic rings. The Morgan fingerprint density at radius 1 is 1.08 bits per heavy atom. The predicted octanol–water partition coefficient (Wildman–Crippen LogP) is 4.33. The molecule has 1 fully saturated rings. The molecule has 0 heterocycles. The maximum absolute atomic E-state index is 12.6. The number of halogens is 1. The maximum Gasteiger partial charge on any atom is 0.231 e. The molecule has 2 amide bonds. The number of anilines is 2. The van der Waals surface area contributed by atoms with Crippen molar-refractivity contribution in [2.75, 3.05) is 17.2 Å². The Morgan fingerprint density at radius 3 is 2.19 bits per heavy atom. The van der Waals surface area contributed by atoms with Gasteiger partial charge in [-0.15, -0.1) is 12.4 Å². The molecule has 0 bridgehead atoms. The molecule has 1 aliphatic carbocycles. The Hall–Kier alpha value is -1.59. The van der Waals surface area contributed by atoms with E-state index >= 15 is 0 Å². The molecule has 1 saturated carbocycles. The average Bonchev–Trinajstić information content (AvgIpc) is 2.64. The Morgan fingerprint density at radius 2 is 1.65 bits per heavy atom. The van der Waals surface area contributed by atoms with Crippen molar-refractivity contribution in [1.82, 2.24) is 0 Å². The third kappa shape index (κ3) is 5.45. The van der Waals surface area contributed by atoms with Crippen molar-refractivity contribution in [2.45, 2.75) is 58.8 Å². The molecule has 1 aliphatic rings. The highest BCUT2D eigenvalue weighted by molar-refractivity contribution is 5.97. The fourth-order valence-electron chi connectivity index (χ4n) is 3.50. The van der Waals surface area contributed by atoms with Crippen LogP contribution in [0.25, 0.3) is 0 Å². The van der Waals surface area contributed by atoms with E-state index in [0.717, 1.165) is 31.4 Å². The summed E-state index contributed by atoms with van der Waals surface area (Å²) in [5.74, 6) is 0.134. The number of nitrogens with two attached hydrogens (primary N) is 1. The highest BCUT2D eigenvalue weighted by atomic mass is 35.5. The minimum Gasteiger partial charge on any atom is -0.329 e. The first-order valence-corrected chi connectivity index (χ1v) is 9.47. The molecule has 0 saturated heterocycles. The van der Waals surface area contributed by atoms with E-state index in [1.54, 1.807) is 0 Å². The van der Waals surface area contributed by atoms with Gasteiger partial charge in [0, 0.05) is 23.8 Å². The van der Waals surface area contributed by atoms with Gasteiger partial charge >= 0.3 is 0 Å². The summed E-state index contributed by atoms with van der Waals surface area (Å²) in [5.41, 5.74) is 6.71. The van der Waals surface area contributed by atoms with E-state index in [2.05, 4.69) is 10.6 Å². The summed E-state index contributed by atoms with van der Waals surface area (Å²) in [6, 6.07) is 7.34. The molecule has 0 aliphatic heterocycles. The van der Waals surface area contributed by atoms with Crippen LogP contribution in [0.15, 0.2) is 24.3 Å². The van der Waals surface area contributed by atoms with Gasteiger partial charge < -0.3 is 16.4 Å². The van der Waals surface area contributed by atoms with Crippen LogP contribution in [0.5, 0.6) is 0 Å². The van der Waals surface area contributed by atoms with Gasteiger partial charge in [0.25, 0.3) is 0 Å². The Bertz CT molecular complexity index is 588. The second-order valence-corrected chi connectivity index (χ2v) is 7.05. The fourth-order valence-corrected chi connectivity index (χ4v) is 3.50. The Balaban J connectivity index is 0.00000338. The number of hydrogen-bond donors (Lipinski definition) is 3. The molecule has 0 aromatic heterocycles. The molecule has 2 rings (SSSR count). The van der Waals surface area contributed by atoms with Crippen LogP contribution in [0, 0.1) is 11.3 Å². The van der Waals surface area contributed by atoms with Gasteiger partial charge in [0.1, 0.15) is 0 Å². The van der Waals surface area contributed by atoms with Crippen molar-refractivity contribution >= 4 is 35.6 Å². The lowest BCUT2D eigenvalue weighted by molar-refractivity contribution is -0.125. The topological polar surface area (TPSA) is 84.2 Å². The number of amides is 2. The third-order valence-corrected chi connectivity index (χ3v) is 5.59. The van der Waals surface area contributed by atoms with Crippen molar-refractivity contribution in [3.8, 4) is 0 Å². The van der Waals surface area contributed by atoms with E-state index in [9.17, 15) is 9.59 Å². The van der Waals surface area contributed by atoms with E-state index in [0.29, 0.717) is 25.1 Å². The van der Waals surface area contributed by atoms with Crippen LogP contribution in [0.3, 0.4) is 0 Å². The zero-order chi connectivity index (χ0) is 18.3. The summed E-state index contributed by atoms with van der Waals surface area (Å²) in [5, 5.41) is 5.95. The van der Waals surface area contributed by atoms with Crippen molar-refractivity contribution in [3.05, 3.63) is 24.3 Å². The van der Waals surface area contributed by atoms with Crippen LogP contribution < -0.4 is 16.4 Å². The minimum absolute atomic E-state index is 0. The molecular formula is C20H32ClN3O2. The molecule has 0 spiro atoms. The lowest BCUT2D eigenvalue weighted by Crippen LogP contribution is -2.41. The van der Waals surface area contributed by atoms with Crippen LogP contribution in [0.1, 0.15) is 58.8 Å². The van der Waals surface area contributed by atoms with Crippen molar-refractivity contribution < 1.29 is 9.59 Å². The average molecular weight is 382 g/mol. The van der Waals surface area contributed by atoms with Crippen LogP contribution in [-0.4, -0.2) is 18.4 Å². The molecule has 26 heavy (non-hydrogen) atoms. The highest BCUT2D eigenvalue weighted by Crippen LogP contribution is 2.28. The summed E-state index contributed by atoms with van der Waals surface area (Å²) in [6.07, 6.45) is 6.81. The summed E-state index contributed by atoms with van der Waals surface area (Å²) in [4.78, 5) is 25.0. The number of benzene rings is 1. The largest absolute Gasteiger partial charge is 0.329 e. The standard InChI is InChI=1S/C20H31N3O2.ClH/c1-3-20(4-2,14-21)19(25)23-17-12-8-11-16(13-17)22-18(24)15-9-6-5-7-10-15;/h8,11-13,15H,3-7,9-10,14,21H2,1-2H3,(H,22,24)(H,23,25);1H. The van der Waals surface area contributed by atoms with Gasteiger partial charge in [-0.25, -0.2) is 0 Å². The van der Waals surface area contributed by atoms with E-state index in [1.807, 2.05) is 38.1 Å². The summed E-state index contributed by atoms with van der Waals surface area (Å²) in [6.45, 7) is 4.29. The van der Waals surface area contributed by atoms with Crippen LogP contribution in [0.2, 0.25) is 0 Å². The normalized spacial score (nSPS) is 15.0. The van der Waals surface area contributed by atoms with E-state index in [-0.39, 0.29) is 30.1 Å². The zero-order valence-corrected chi connectivity index (χ0v) is 16.7.